The lowest BCUT2D eigenvalue weighted by Gasteiger charge is -2.21. The molecular weight excluding hydrogens is 252 g/mol. The van der Waals surface area contributed by atoms with Crippen molar-refractivity contribution in [3.63, 3.8) is 0 Å². The summed E-state index contributed by atoms with van der Waals surface area (Å²) in [7, 11) is 0. The first kappa shape index (κ1) is 12.9. The number of ether oxygens (including phenoxy) is 1. The third kappa shape index (κ3) is 1.96. The van der Waals surface area contributed by atoms with E-state index in [1.807, 2.05) is 0 Å². The molecule has 1 aliphatic rings. The minimum Gasteiger partial charge on any atom is -0.394 e. The first-order valence-electron chi connectivity index (χ1n) is 5.08. The second kappa shape index (κ2) is 4.26. The minimum absolute atomic E-state index is 0.261. The number of nitrogen functional groups attached to an aromatic ring is 1. The maximum Gasteiger partial charge on any atom is 0.354 e. The molecule has 0 saturated carbocycles. The quantitative estimate of drug-likeness (QED) is 0.610. The van der Waals surface area contributed by atoms with Gasteiger partial charge in [-0.15, -0.1) is 0 Å². The van der Waals surface area contributed by atoms with Gasteiger partial charge >= 0.3 is 5.69 Å². The van der Waals surface area contributed by atoms with Gasteiger partial charge in [0.15, 0.2) is 11.6 Å². The van der Waals surface area contributed by atoms with Crippen molar-refractivity contribution in [2.24, 2.45) is 0 Å². The highest BCUT2D eigenvalue weighted by molar-refractivity contribution is 5.26. The number of aliphatic hydroxyl groups is 2. The molecule has 1 saturated heterocycles. The zero-order valence-corrected chi connectivity index (χ0v) is 9.08. The number of anilines is 1. The van der Waals surface area contributed by atoms with Crippen LogP contribution in [0.5, 0.6) is 0 Å². The van der Waals surface area contributed by atoms with Gasteiger partial charge in [-0.05, 0) is 0 Å². The second-order valence-corrected chi connectivity index (χ2v) is 3.93. The van der Waals surface area contributed by atoms with E-state index < -0.39 is 48.5 Å². The SMILES string of the molecule is Nc1nc(=O)n([C@@]2(F)C[C@H](O)[C@@H](CO)O2)cc1F. The Morgan fingerprint density at radius 3 is 2.94 bits per heavy atom. The average molecular weight is 263 g/mol. The molecule has 7 nitrogen and oxygen atoms in total. The molecule has 0 amide bonds. The molecule has 18 heavy (non-hydrogen) atoms. The normalized spacial score (nSPS) is 31.8. The van der Waals surface area contributed by atoms with Crippen LogP contribution in [-0.4, -0.2) is 38.6 Å². The van der Waals surface area contributed by atoms with Crippen LogP contribution in [0.15, 0.2) is 11.0 Å². The van der Waals surface area contributed by atoms with Crippen molar-refractivity contribution in [1.29, 1.82) is 0 Å². The lowest BCUT2D eigenvalue weighted by molar-refractivity contribution is -0.205. The van der Waals surface area contributed by atoms with E-state index in [0.717, 1.165) is 0 Å². The summed E-state index contributed by atoms with van der Waals surface area (Å²) in [4.78, 5) is 14.5. The van der Waals surface area contributed by atoms with Crippen LogP contribution in [0, 0.1) is 5.82 Å². The number of hydrogen-bond donors (Lipinski definition) is 3. The number of halogens is 2. The molecule has 3 atom stereocenters. The fourth-order valence-electron chi connectivity index (χ4n) is 1.75. The van der Waals surface area contributed by atoms with Gasteiger partial charge in [-0.1, -0.05) is 0 Å². The Hall–Kier alpha value is -1.58. The van der Waals surface area contributed by atoms with Crippen LogP contribution in [0.25, 0.3) is 0 Å². The molecule has 0 aromatic carbocycles. The molecule has 0 spiro atoms. The Kier molecular flexibility index (Phi) is 3.05. The standard InChI is InChI=1S/C9H11F2N3O4/c10-4-2-14(8(17)13-7(4)12)9(11)1-5(16)6(3-15)18-9/h2,5-6,15-16H,1,3H2,(H2,12,13,17)/t5-,6+,9-/m0/s1. The van der Waals surface area contributed by atoms with Crippen molar-refractivity contribution >= 4 is 5.82 Å². The van der Waals surface area contributed by atoms with Crippen molar-refractivity contribution in [1.82, 2.24) is 9.55 Å². The lowest BCUT2D eigenvalue weighted by atomic mass is 10.2. The van der Waals surface area contributed by atoms with Gasteiger partial charge in [-0.2, -0.15) is 9.37 Å². The third-order valence-corrected chi connectivity index (χ3v) is 2.67. The molecule has 0 unspecified atom stereocenters. The van der Waals surface area contributed by atoms with Crippen molar-refractivity contribution in [2.45, 2.75) is 24.6 Å². The zero-order chi connectivity index (χ0) is 13.5. The van der Waals surface area contributed by atoms with Crippen LogP contribution in [0.2, 0.25) is 0 Å². The summed E-state index contributed by atoms with van der Waals surface area (Å²) in [5.41, 5.74) is 3.91. The summed E-state index contributed by atoms with van der Waals surface area (Å²) < 4.78 is 32.5. The molecule has 2 heterocycles. The average Bonchev–Trinajstić information content (AvgIpc) is 2.59. The predicted octanol–water partition coefficient (Wildman–Crippen LogP) is -1.31. The molecule has 0 aliphatic carbocycles. The van der Waals surface area contributed by atoms with E-state index in [-0.39, 0.29) is 4.57 Å². The summed E-state index contributed by atoms with van der Waals surface area (Å²) in [6, 6.07) is 0. The molecular formula is C9H11F2N3O4. The summed E-state index contributed by atoms with van der Waals surface area (Å²) in [5.74, 6) is -4.50. The van der Waals surface area contributed by atoms with Crippen LogP contribution in [0.3, 0.4) is 0 Å². The van der Waals surface area contributed by atoms with Gasteiger partial charge in [0.25, 0.3) is 5.98 Å². The Balaban J connectivity index is 2.43. The summed E-state index contributed by atoms with van der Waals surface area (Å²) in [6.45, 7) is -0.632. The van der Waals surface area contributed by atoms with Crippen molar-refractivity contribution in [3.05, 3.63) is 22.5 Å². The molecule has 1 fully saturated rings. The van der Waals surface area contributed by atoms with Gasteiger partial charge in [-0.3, -0.25) is 0 Å². The first-order chi connectivity index (χ1) is 8.37. The second-order valence-electron chi connectivity index (χ2n) is 3.93. The first-order valence-corrected chi connectivity index (χ1v) is 5.08. The molecule has 9 heteroatoms. The van der Waals surface area contributed by atoms with Crippen molar-refractivity contribution < 1.29 is 23.7 Å². The van der Waals surface area contributed by atoms with E-state index in [4.69, 9.17) is 15.6 Å². The number of alkyl halides is 1. The summed E-state index contributed by atoms with van der Waals surface area (Å²) in [5, 5.41) is 18.3. The van der Waals surface area contributed by atoms with Crippen LogP contribution in [-0.2, 0) is 10.7 Å². The van der Waals surface area contributed by atoms with Crippen LogP contribution in [0.1, 0.15) is 6.42 Å². The van der Waals surface area contributed by atoms with Crippen LogP contribution in [0.4, 0.5) is 14.6 Å². The number of rotatable bonds is 2. The Morgan fingerprint density at radius 1 is 1.72 bits per heavy atom. The smallest absolute Gasteiger partial charge is 0.354 e. The number of nitrogens with two attached hydrogens (primary N) is 1. The summed E-state index contributed by atoms with van der Waals surface area (Å²) in [6.07, 6.45) is -2.62. The largest absolute Gasteiger partial charge is 0.394 e. The molecule has 4 N–H and O–H groups in total. The molecule has 1 aliphatic heterocycles. The third-order valence-electron chi connectivity index (χ3n) is 2.67. The highest BCUT2D eigenvalue weighted by atomic mass is 19.2. The minimum atomic E-state index is -2.76. The van der Waals surface area contributed by atoms with Crippen molar-refractivity contribution in [3.8, 4) is 0 Å². The number of aromatic nitrogens is 2. The lowest BCUT2D eigenvalue weighted by Crippen LogP contribution is -2.39. The fourth-order valence-corrected chi connectivity index (χ4v) is 1.75. The highest BCUT2D eigenvalue weighted by Crippen LogP contribution is 2.35. The van der Waals surface area contributed by atoms with Gasteiger partial charge in [0.2, 0.25) is 0 Å². The maximum atomic E-state index is 14.3. The zero-order valence-electron chi connectivity index (χ0n) is 9.08. The van der Waals surface area contributed by atoms with E-state index in [2.05, 4.69) is 4.98 Å². The van der Waals surface area contributed by atoms with Gasteiger partial charge < -0.3 is 20.7 Å². The molecule has 0 radical (unpaired) electrons. The molecule has 0 bridgehead atoms. The summed E-state index contributed by atoms with van der Waals surface area (Å²) >= 11 is 0. The Bertz CT molecular complexity index is 523. The Labute approximate surface area is 99.4 Å². The topological polar surface area (TPSA) is 111 Å². The van der Waals surface area contributed by atoms with Crippen LogP contribution >= 0.6 is 0 Å². The predicted molar refractivity (Wildman–Crippen MR) is 54.5 cm³/mol. The molecule has 1 aromatic rings. The molecule has 1 aromatic heterocycles. The Morgan fingerprint density at radius 2 is 2.39 bits per heavy atom. The fraction of sp³-hybridized carbons (Fsp3) is 0.556. The maximum absolute atomic E-state index is 14.3. The number of nitrogens with zero attached hydrogens (tertiary/aromatic N) is 2. The van der Waals surface area contributed by atoms with E-state index in [1.165, 1.54) is 0 Å². The number of aliphatic hydroxyl groups excluding tert-OH is 2. The van der Waals surface area contributed by atoms with Gasteiger partial charge in [0.05, 0.1) is 25.3 Å². The van der Waals surface area contributed by atoms with Crippen LogP contribution < -0.4 is 11.4 Å². The monoisotopic (exact) mass is 263 g/mol. The van der Waals surface area contributed by atoms with E-state index in [0.29, 0.717) is 6.20 Å². The van der Waals surface area contributed by atoms with Gasteiger partial charge in [0, 0.05) is 0 Å². The van der Waals surface area contributed by atoms with Gasteiger partial charge in [-0.25, -0.2) is 13.8 Å². The van der Waals surface area contributed by atoms with Crippen molar-refractivity contribution in [2.75, 3.05) is 12.3 Å². The van der Waals surface area contributed by atoms with E-state index >= 15 is 0 Å². The molecule has 2 rings (SSSR count). The molecule has 100 valence electrons. The highest BCUT2D eigenvalue weighted by Gasteiger charge is 2.48. The number of hydrogen-bond acceptors (Lipinski definition) is 6. The van der Waals surface area contributed by atoms with E-state index in [1.54, 1.807) is 0 Å². The van der Waals surface area contributed by atoms with E-state index in [9.17, 15) is 18.7 Å². The van der Waals surface area contributed by atoms with Gasteiger partial charge in [0.1, 0.15) is 6.10 Å².